The third-order valence-electron chi connectivity index (χ3n) is 4.94. The van der Waals surface area contributed by atoms with E-state index < -0.39 is 15.9 Å². The fraction of sp³-hybridized carbons (Fsp3) is 0.571. The van der Waals surface area contributed by atoms with E-state index in [1.54, 1.807) is 4.90 Å². The van der Waals surface area contributed by atoms with E-state index in [1.807, 2.05) is 26.0 Å². The normalized spacial score (nSPS) is 9.78. The highest BCUT2D eigenvalue weighted by Gasteiger charge is 2.18. The second-order valence-electron chi connectivity index (χ2n) is 7.91. The van der Waals surface area contributed by atoms with Crippen molar-refractivity contribution in [1.29, 1.82) is 0 Å². The summed E-state index contributed by atoms with van der Waals surface area (Å²) in [6, 6.07) is 8.16. The molecular weight excluding hydrogens is 490 g/mol. The molecule has 0 saturated carbocycles. The van der Waals surface area contributed by atoms with Crippen molar-refractivity contribution in [3.8, 4) is 12.8 Å². The van der Waals surface area contributed by atoms with Crippen LogP contribution in [0.2, 0.25) is 0 Å². The number of sulfone groups is 1. The molecule has 0 spiro atoms. The van der Waals surface area contributed by atoms with E-state index in [9.17, 15) is 18.0 Å². The van der Waals surface area contributed by atoms with Gasteiger partial charge in [0.25, 0.3) is 0 Å². The van der Waals surface area contributed by atoms with Gasteiger partial charge in [0, 0.05) is 19.5 Å². The SMILES string of the molecule is C#C.C=C.CCCCOC(N)=O.CCCCS(=O)(=O)CCC(=O)N(CCCN)Cc1cccc(CC)c1. The summed E-state index contributed by atoms with van der Waals surface area (Å²) in [6.45, 7) is 14.1. The predicted octanol–water partition coefficient (Wildman–Crippen LogP) is 4.46. The van der Waals surface area contributed by atoms with Crippen molar-refractivity contribution >= 4 is 21.8 Å². The van der Waals surface area contributed by atoms with Crippen LogP contribution in [0.5, 0.6) is 0 Å². The number of ether oxygens (including phenoxy) is 1. The molecule has 0 aliphatic heterocycles. The average Bonchev–Trinajstić information content (AvgIpc) is 2.91. The Morgan fingerprint density at radius 1 is 1.00 bits per heavy atom. The number of terminal acetylenes is 1. The van der Waals surface area contributed by atoms with E-state index in [0.717, 1.165) is 31.2 Å². The highest BCUT2D eigenvalue weighted by atomic mass is 32.2. The summed E-state index contributed by atoms with van der Waals surface area (Å²) in [6.07, 6.45) is 12.4. The highest BCUT2D eigenvalue weighted by Crippen LogP contribution is 2.11. The van der Waals surface area contributed by atoms with Gasteiger partial charge in [-0.15, -0.1) is 26.0 Å². The van der Waals surface area contributed by atoms with E-state index in [4.69, 9.17) is 5.73 Å². The molecule has 1 aromatic carbocycles. The van der Waals surface area contributed by atoms with E-state index in [0.29, 0.717) is 39.1 Å². The van der Waals surface area contributed by atoms with Gasteiger partial charge in [-0.3, -0.25) is 4.79 Å². The lowest BCUT2D eigenvalue weighted by Crippen LogP contribution is -2.33. The van der Waals surface area contributed by atoms with Crippen molar-refractivity contribution in [3.63, 3.8) is 0 Å². The van der Waals surface area contributed by atoms with Crippen molar-refractivity contribution in [2.75, 3.05) is 31.2 Å². The smallest absolute Gasteiger partial charge is 0.404 e. The van der Waals surface area contributed by atoms with Crippen molar-refractivity contribution in [2.24, 2.45) is 11.5 Å². The predicted molar refractivity (Wildman–Crippen MR) is 155 cm³/mol. The van der Waals surface area contributed by atoms with Gasteiger partial charge in [-0.1, -0.05) is 57.9 Å². The molecule has 0 aromatic heterocycles. The largest absolute Gasteiger partial charge is 0.450 e. The van der Waals surface area contributed by atoms with Crippen LogP contribution in [0.1, 0.15) is 70.4 Å². The van der Waals surface area contributed by atoms with Crippen LogP contribution < -0.4 is 11.5 Å². The number of aryl methyl sites for hydroxylation is 1. The fourth-order valence-corrected chi connectivity index (χ4v) is 4.34. The third-order valence-corrected chi connectivity index (χ3v) is 6.67. The quantitative estimate of drug-likeness (QED) is 0.192. The molecule has 2 amide bonds. The van der Waals surface area contributed by atoms with E-state index in [1.165, 1.54) is 5.56 Å². The van der Waals surface area contributed by atoms with Gasteiger partial charge < -0.3 is 21.1 Å². The number of primary amides is 1. The van der Waals surface area contributed by atoms with Crippen molar-refractivity contribution in [1.82, 2.24) is 4.90 Å². The molecule has 0 bridgehead atoms. The van der Waals surface area contributed by atoms with Gasteiger partial charge >= 0.3 is 6.09 Å². The van der Waals surface area contributed by atoms with Crippen LogP contribution in [-0.2, 0) is 32.3 Å². The first kappa shape index (κ1) is 38.7. The second kappa shape index (κ2) is 26.2. The van der Waals surface area contributed by atoms with Gasteiger partial charge in [0.1, 0.15) is 0 Å². The minimum atomic E-state index is -3.15. The van der Waals surface area contributed by atoms with Gasteiger partial charge in [0.2, 0.25) is 5.91 Å². The molecule has 0 radical (unpaired) electrons. The first-order valence-electron chi connectivity index (χ1n) is 12.7. The molecule has 1 rings (SSSR count). The molecule has 4 N–H and O–H groups in total. The topological polar surface area (TPSA) is 133 Å². The zero-order valence-electron chi connectivity index (χ0n) is 23.1. The number of amides is 2. The first-order valence-corrected chi connectivity index (χ1v) is 14.5. The summed E-state index contributed by atoms with van der Waals surface area (Å²) in [7, 11) is -3.15. The lowest BCUT2D eigenvalue weighted by atomic mass is 10.1. The summed E-state index contributed by atoms with van der Waals surface area (Å²) in [4.78, 5) is 24.2. The van der Waals surface area contributed by atoms with Gasteiger partial charge in [0.05, 0.1) is 18.1 Å². The van der Waals surface area contributed by atoms with Gasteiger partial charge in [0.15, 0.2) is 9.84 Å². The van der Waals surface area contributed by atoms with Crippen LogP contribution in [-0.4, -0.2) is 56.5 Å². The van der Waals surface area contributed by atoms with Crippen molar-refractivity contribution in [2.45, 2.75) is 72.3 Å². The average molecular weight is 540 g/mol. The number of unbranched alkanes of at least 4 members (excludes halogenated alkanes) is 2. The van der Waals surface area contributed by atoms with E-state index in [-0.39, 0.29) is 23.8 Å². The summed E-state index contributed by atoms with van der Waals surface area (Å²) in [5.74, 6) is -0.0200. The first-order chi connectivity index (χ1) is 17.7. The molecule has 9 heteroatoms. The van der Waals surface area contributed by atoms with Crippen LogP contribution in [0.25, 0.3) is 0 Å². The molecule has 0 atom stereocenters. The Kier molecular flexibility index (Phi) is 27.4. The van der Waals surface area contributed by atoms with Crippen LogP contribution in [0, 0.1) is 12.8 Å². The standard InChI is InChI=1S/C19H32N2O3S.C5H11NO2.C2H4.C2H2/c1-3-5-13-25(23,24)14-10-19(22)21(12-7-11-20)16-18-9-6-8-17(4-2)15-18;1-2-3-4-8-5(6)7;2*1-2/h6,8-9,15H,3-5,7,10-14,16,20H2,1-2H3;2-4H2,1H3,(H2,6,7);1-2H2;1-2H. The van der Waals surface area contributed by atoms with Crippen molar-refractivity contribution in [3.05, 3.63) is 48.6 Å². The number of carbonyl (C=O) groups excluding carboxylic acids is 2. The Balaban J connectivity index is -0.000000810. The lowest BCUT2D eigenvalue weighted by molar-refractivity contribution is -0.131. The Hall–Kier alpha value is -2.83. The van der Waals surface area contributed by atoms with Gasteiger partial charge in [-0.05, 0) is 43.4 Å². The van der Waals surface area contributed by atoms with Crippen LogP contribution in [0.4, 0.5) is 4.79 Å². The molecule has 0 saturated heterocycles. The Bertz CT molecular complexity index is 841. The Labute approximate surface area is 225 Å². The molecule has 0 aliphatic carbocycles. The molecule has 0 fully saturated rings. The zero-order chi connectivity index (χ0) is 29.1. The summed E-state index contributed by atoms with van der Waals surface area (Å²) in [5, 5.41) is 0. The second-order valence-corrected chi connectivity index (χ2v) is 10.2. The van der Waals surface area contributed by atoms with E-state index in [2.05, 4.69) is 55.5 Å². The Morgan fingerprint density at radius 3 is 2.11 bits per heavy atom. The van der Waals surface area contributed by atoms with Crippen LogP contribution in [0.3, 0.4) is 0 Å². The third kappa shape index (κ3) is 23.3. The maximum atomic E-state index is 12.5. The summed E-state index contributed by atoms with van der Waals surface area (Å²) < 4.78 is 28.4. The lowest BCUT2D eigenvalue weighted by Gasteiger charge is -2.23. The number of carbonyl (C=O) groups is 2. The monoisotopic (exact) mass is 539 g/mol. The van der Waals surface area contributed by atoms with Crippen LogP contribution >= 0.6 is 0 Å². The number of benzene rings is 1. The molecular formula is C28H49N3O5S. The number of hydrogen-bond donors (Lipinski definition) is 2. The van der Waals surface area contributed by atoms with Gasteiger partial charge in [-0.2, -0.15) is 0 Å². The number of nitrogens with two attached hydrogens (primary N) is 2. The summed E-state index contributed by atoms with van der Waals surface area (Å²) in [5.41, 5.74) is 12.5. The molecule has 0 aliphatic rings. The minimum Gasteiger partial charge on any atom is -0.450 e. The maximum absolute atomic E-state index is 12.5. The molecule has 37 heavy (non-hydrogen) atoms. The molecule has 8 nitrogen and oxygen atoms in total. The van der Waals surface area contributed by atoms with Gasteiger partial charge in [-0.25, -0.2) is 13.2 Å². The summed E-state index contributed by atoms with van der Waals surface area (Å²) >= 11 is 0. The number of nitrogens with zero attached hydrogens (tertiary/aromatic N) is 1. The van der Waals surface area contributed by atoms with Crippen LogP contribution in [0.15, 0.2) is 37.4 Å². The van der Waals surface area contributed by atoms with Crippen molar-refractivity contribution < 1.29 is 22.7 Å². The number of rotatable bonds is 15. The minimum absolute atomic E-state index is 0.0457. The molecule has 0 unspecified atom stereocenters. The fourth-order valence-electron chi connectivity index (χ4n) is 2.93. The molecule has 0 heterocycles. The zero-order valence-corrected chi connectivity index (χ0v) is 23.9. The molecule has 212 valence electrons. The van der Waals surface area contributed by atoms with E-state index >= 15 is 0 Å². The highest BCUT2D eigenvalue weighted by molar-refractivity contribution is 7.91. The Morgan fingerprint density at radius 2 is 1.59 bits per heavy atom. The maximum Gasteiger partial charge on any atom is 0.404 e. The number of hydrogen-bond acceptors (Lipinski definition) is 6. The molecule has 1 aromatic rings.